The van der Waals surface area contributed by atoms with E-state index in [-0.39, 0.29) is 12.5 Å². The van der Waals surface area contributed by atoms with Crippen molar-refractivity contribution in [3.05, 3.63) is 70.9 Å². The highest BCUT2D eigenvalue weighted by molar-refractivity contribution is 6.30. The van der Waals surface area contributed by atoms with Crippen LogP contribution in [0.25, 0.3) is 5.69 Å². The van der Waals surface area contributed by atoms with E-state index in [0.29, 0.717) is 22.0 Å². The summed E-state index contributed by atoms with van der Waals surface area (Å²) in [4.78, 5) is 12.3. The molecule has 2 aromatic heterocycles. The van der Waals surface area contributed by atoms with Crippen molar-refractivity contribution in [1.82, 2.24) is 15.1 Å². The minimum Gasteiger partial charge on any atom is -0.467 e. The molecule has 0 aliphatic carbocycles. The SMILES string of the molecule is Cc1c(C(=O)NCC(O)c2ccco2)cnn1-c1cccc(Cl)c1. The fraction of sp³-hybridized carbons (Fsp3) is 0.176. The van der Waals surface area contributed by atoms with Gasteiger partial charge in [-0.25, -0.2) is 4.68 Å². The van der Waals surface area contributed by atoms with Gasteiger partial charge in [0.1, 0.15) is 11.9 Å². The van der Waals surface area contributed by atoms with E-state index in [2.05, 4.69) is 10.4 Å². The number of aliphatic hydroxyl groups excluding tert-OH is 1. The van der Waals surface area contributed by atoms with Gasteiger partial charge < -0.3 is 14.8 Å². The third-order valence-corrected chi connectivity index (χ3v) is 3.87. The largest absolute Gasteiger partial charge is 0.467 e. The number of amides is 1. The lowest BCUT2D eigenvalue weighted by atomic mass is 10.2. The summed E-state index contributed by atoms with van der Waals surface area (Å²) in [7, 11) is 0. The summed E-state index contributed by atoms with van der Waals surface area (Å²) in [5.41, 5.74) is 1.89. The van der Waals surface area contributed by atoms with E-state index in [0.717, 1.165) is 5.69 Å². The molecule has 1 unspecified atom stereocenters. The number of aliphatic hydroxyl groups is 1. The molecule has 1 amide bonds. The topological polar surface area (TPSA) is 80.3 Å². The van der Waals surface area contributed by atoms with Crippen molar-refractivity contribution in [3.8, 4) is 5.69 Å². The first-order chi connectivity index (χ1) is 11.6. The first-order valence-electron chi connectivity index (χ1n) is 7.36. The second-order valence-electron chi connectivity index (χ2n) is 5.28. The van der Waals surface area contributed by atoms with Crippen molar-refractivity contribution < 1.29 is 14.3 Å². The van der Waals surface area contributed by atoms with Crippen LogP contribution in [0.5, 0.6) is 0 Å². The summed E-state index contributed by atoms with van der Waals surface area (Å²) in [5, 5.41) is 17.5. The van der Waals surface area contributed by atoms with E-state index >= 15 is 0 Å². The van der Waals surface area contributed by atoms with Crippen LogP contribution in [0.2, 0.25) is 5.02 Å². The lowest BCUT2D eigenvalue weighted by molar-refractivity contribution is 0.0900. The first-order valence-corrected chi connectivity index (χ1v) is 7.74. The Labute approximate surface area is 143 Å². The van der Waals surface area contributed by atoms with E-state index in [1.165, 1.54) is 12.5 Å². The maximum absolute atomic E-state index is 12.3. The number of benzene rings is 1. The monoisotopic (exact) mass is 345 g/mol. The summed E-state index contributed by atoms with van der Waals surface area (Å²) >= 11 is 5.99. The minimum atomic E-state index is -0.896. The van der Waals surface area contributed by atoms with Crippen molar-refractivity contribution in [2.24, 2.45) is 0 Å². The van der Waals surface area contributed by atoms with Gasteiger partial charge in [0.2, 0.25) is 0 Å². The maximum Gasteiger partial charge on any atom is 0.254 e. The van der Waals surface area contributed by atoms with Crippen molar-refractivity contribution >= 4 is 17.5 Å². The third-order valence-electron chi connectivity index (χ3n) is 3.63. The number of hydrogen-bond acceptors (Lipinski definition) is 4. The van der Waals surface area contributed by atoms with Crippen LogP contribution in [0, 0.1) is 6.92 Å². The zero-order valence-corrected chi connectivity index (χ0v) is 13.7. The lowest BCUT2D eigenvalue weighted by Gasteiger charge is -2.10. The number of hydrogen-bond donors (Lipinski definition) is 2. The van der Waals surface area contributed by atoms with Gasteiger partial charge in [-0.1, -0.05) is 17.7 Å². The predicted octanol–water partition coefficient (Wildman–Crippen LogP) is 2.89. The smallest absolute Gasteiger partial charge is 0.254 e. The second-order valence-corrected chi connectivity index (χ2v) is 5.71. The summed E-state index contributed by atoms with van der Waals surface area (Å²) < 4.78 is 6.74. The molecule has 0 aliphatic rings. The van der Waals surface area contributed by atoms with Crippen LogP contribution in [0.15, 0.2) is 53.3 Å². The number of aromatic nitrogens is 2. The Bertz CT molecular complexity index is 843. The van der Waals surface area contributed by atoms with E-state index in [4.69, 9.17) is 16.0 Å². The zero-order valence-electron chi connectivity index (χ0n) is 12.9. The van der Waals surface area contributed by atoms with Crippen LogP contribution in [-0.4, -0.2) is 27.3 Å². The van der Waals surface area contributed by atoms with Crippen molar-refractivity contribution in [3.63, 3.8) is 0 Å². The van der Waals surface area contributed by atoms with Gasteiger partial charge in [-0.05, 0) is 37.3 Å². The minimum absolute atomic E-state index is 0.0497. The molecule has 0 aliphatic heterocycles. The normalized spacial score (nSPS) is 12.1. The average molecular weight is 346 g/mol. The molecule has 2 N–H and O–H groups in total. The fourth-order valence-corrected chi connectivity index (χ4v) is 2.55. The Morgan fingerprint density at radius 1 is 1.42 bits per heavy atom. The Morgan fingerprint density at radius 2 is 2.25 bits per heavy atom. The summed E-state index contributed by atoms with van der Waals surface area (Å²) in [5.74, 6) is 0.0908. The fourth-order valence-electron chi connectivity index (χ4n) is 2.37. The molecule has 3 rings (SSSR count). The van der Waals surface area contributed by atoms with Crippen LogP contribution >= 0.6 is 11.6 Å². The molecule has 1 atom stereocenters. The molecule has 2 heterocycles. The van der Waals surface area contributed by atoms with E-state index < -0.39 is 6.10 Å². The molecule has 0 spiro atoms. The Balaban J connectivity index is 1.72. The molecule has 1 aromatic carbocycles. The van der Waals surface area contributed by atoms with E-state index in [1.807, 2.05) is 12.1 Å². The predicted molar refractivity (Wildman–Crippen MR) is 89.3 cm³/mol. The lowest BCUT2D eigenvalue weighted by Crippen LogP contribution is -2.28. The number of nitrogens with one attached hydrogen (secondary N) is 1. The van der Waals surface area contributed by atoms with Gasteiger partial charge in [0.05, 0.1) is 35.9 Å². The Morgan fingerprint density at radius 3 is 2.96 bits per heavy atom. The van der Waals surface area contributed by atoms with Gasteiger partial charge in [-0.3, -0.25) is 4.79 Å². The highest BCUT2D eigenvalue weighted by Gasteiger charge is 2.17. The molecule has 24 heavy (non-hydrogen) atoms. The summed E-state index contributed by atoms with van der Waals surface area (Å²) in [6, 6.07) is 10.5. The first kappa shape index (κ1) is 16.3. The van der Waals surface area contributed by atoms with Gasteiger partial charge in [0.15, 0.2) is 0 Å². The number of halogens is 1. The molecule has 7 heteroatoms. The van der Waals surface area contributed by atoms with Crippen LogP contribution in [0.3, 0.4) is 0 Å². The molecule has 0 bridgehead atoms. The number of furan rings is 1. The molecule has 124 valence electrons. The second kappa shape index (κ2) is 6.90. The van der Waals surface area contributed by atoms with Crippen molar-refractivity contribution in [2.75, 3.05) is 6.54 Å². The molecule has 6 nitrogen and oxygen atoms in total. The van der Waals surface area contributed by atoms with Crippen molar-refractivity contribution in [2.45, 2.75) is 13.0 Å². The quantitative estimate of drug-likeness (QED) is 0.745. The number of rotatable bonds is 5. The van der Waals surface area contributed by atoms with Crippen LogP contribution < -0.4 is 5.32 Å². The van der Waals surface area contributed by atoms with Crippen molar-refractivity contribution in [1.29, 1.82) is 0 Å². The molecule has 3 aromatic rings. The van der Waals surface area contributed by atoms with Gasteiger partial charge in [0, 0.05) is 5.02 Å². The standard InChI is InChI=1S/C17H16ClN3O3/c1-11-14(9-20-21(11)13-5-2-4-12(18)8-13)17(23)19-10-15(22)16-6-3-7-24-16/h2-9,15,22H,10H2,1H3,(H,19,23). The Kier molecular flexibility index (Phi) is 4.69. The number of carbonyl (C=O) groups excluding carboxylic acids is 1. The number of nitrogens with zero attached hydrogens (tertiary/aromatic N) is 2. The number of carbonyl (C=O) groups is 1. The van der Waals surface area contributed by atoms with Gasteiger partial charge in [0.25, 0.3) is 5.91 Å². The highest BCUT2D eigenvalue weighted by atomic mass is 35.5. The zero-order chi connectivity index (χ0) is 17.1. The highest BCUT2D eigenvalue weighted by Crippen LogP contribution is 2.18. The van der Waals surface area contributed by atoms with Crippen LogP contribution in [0.1, 0.15) is 27.9 Å². The molecular weight excluding hydrogens is 330 g/mol. The molecule has 0 saturated heterocycles. The van der Waals surface area contributed by atoms with E-state index in [9.17, 15) is 9.90 Å². The maximum atomic E-state index is 12.3. The van der Waals surface area contributed by atoms with Gasteiger partial charge in [-0.2, -0.15) is 5.10 Å². The van der Waals surface area contributed by atoms with Gasteiger partial charge in [-0.15, -0.1) is 0 Å². The van der Waals surface area contributed by atoms with Gasteiger partial charge >= 0.3 is 0 Å². The molecule has 0 radical (unpaired) electrons. The third kappa shape index (κ3) is 3.34. The van der Waals surface area contributed by atoms with E-state index in [1.54, 1.807) is 35.9 Å². The summed E-state index contributed by atoms with van der Waals surface area (Å²) in [6.07, 6.45) is 2.07. The summed E-state index contributed by atoms with van der Waals surface area (Å²) in [6.45, 7) is 1.85. The molecular formula is C17H16ClN3O3. The van der Waals surface area contributed by atoms with Crippen LogP contribution in [0.4, 0.5) is 0 Å². The molecule has 0 saturated carbocycles. The average Bonchev–Trinajstić information content (AvgIpc) is 3.22. The molecule has 0 fully saturated rings. The Hall–Kier alpha value is -2.57. The van der Waals surface area contributed by atoms with Crippen LogP contribution in [-0.2, 0) is 0 Å².